The molecular weight excluding hydrogens is 286 g/mol. The van der Waals surface area contributed by atoms with Gasteiger partial charge in [-0.25, -0.2) is 9.98 Å². The second kappa shape index (κ2) is 7.64. The molecule has 0 spiro atoms. The lowest BCUT2D eigenvalue weighted by Gasteiger charge is -2.15. The van der Waals surface area contributed by atoms with Crippen molar-refractivity contribution < 1.29 is 9.53 Å². The summed E-state index contributed by atoms with van der Waals surface area (Å²) in [6.07, 6.45) is 7.62. The quantitative estimate of drug-likeness (QED) is 0.817. The van der Waals surface area contributed by atoms with Crippen LogP contribution in [0.5, 0.6) is 5.88 Å². The third-order valence-corrected chi connectivity index (χ3v) is 3.25. The number of nitrogens with one attached hydrogen (secondary N) is 1. The van der Waals surface area contributed by atoms with Gasteiger partial charge in [0.2, 0.25) is 11.8 Å². The van der Waals surface area contributed by atoms with E-state index in [9.17, 15) is 4.79 Å². The van der Waals surface area contributed by atoms with Crippen molar-refractivity contribution >= 4 is 29.3 Å². The smallest absolute Gasteiger partial charge is 0.234 e. The first-order valence-corrected chi connectivity index (χ1v) is 7.22. The molecule has 1 atom stereocenters. The molecule has 2 heterocycles. The van der Waals surface area contributed by atoms with Crippen molar-refractivity contribution in [3.8, 4) is 5.88 Å². The van der Waals surface area contributed by atoms with Crippen molar-refractivity contribution in [1.29, 1.82) is 0 Å². The Morgan fingerprint density at radius 2 is 2.38 bits per heavy atom. The standard InChI is InChI=1S/C15H17N3O2S/c1-2-9-20-14-11(5-3-7-16-14)10-18-13(19)12-6-4-8-17-15(12)21/h3-8,12H,2,9-10H2,1H3,(H,18,19). The van der Waals surface area contributed by atoms with Gasteiger partial charge in [-0.1, -0.05) is 31.3 Å². The second-order valence-corrected chi connectivity index (χ2v) is 4.93. The normalized spacial score (nSPS) is 16.8. The van der Waals surface area contributed by atoms with Gasteiger partial charge in [-0.2, -0.15) is 0 Å². The Morgan fingerprint density at radius 3 is 3.14 bits per heavy atom. The number of nitrogens with zero attached hydrogens (tertiary/aromatic N) is 2. The number of pyridine rings is 1. The maximum absolute atomic E-state index is 12.1. The molecule has 21 heavy (non-hydrogen) atoms. The van der Waals surface area contributed by atoms with Crippen LogP contribution in [0.25, 0.3) is 0 Å². The number of hydrogen-bond acceptors (Lipinski definition) is 4. The van der Waals surface area contributed by atoms with Gasteiger partial charge < -0.3 is 10.1 Å². The number of rotatable bonds is 6. The summed E-state index contributed by atoms with van der Waals surface area (Å²) in [6, 6.07) is 3.70. The molecule has 6 heteroatoms. The van der Waals surface area contributed by atoms with E-state index in [0.29, 0.717) is 24.0 Å². The number of thiocarbonyl (C=S) groups is 1. The molecule has 5 nitrogen and oxygen atoms in total. The summed E-state index contributed by atoms with van der Waals surface area (Å²) < 4.78 is 5.56. The fourth-order valence-corrected chi connectivity index (χ4v) is 2.07. The van der Waals surface area contributed by atoms with Crippen molar-refractivity contribution in [2.45, 2.75) is 19.9 Å². The van der Waals surface area contributed by atoms with E-state index in [2.05, 4.69) is 15.3 Å². The predicted octanol–water partition coefficient (Wildman–Crippen LogP) is 2.07. The summed E-state index contributed by atoms with van der Waals surface area (Å²) in [7, 11) is 0. The lowest BCUT2D eigenvalue weighted by Crippen LogP contribution is -2.33. The zero-order valence-electron chi connectivity index (χ0n) is 11.8. The molecule has 110 valence electrons. The zero-order chi connectivity index (χ0) is 15.1. The molecule has 1 N–H and O–H groups in total. The summed E-state index contributed by atoms with van der Waals surface area (Å²) in [5, 5.41) is 2.84. The van der Waals surface area contributed by atoms with Crippen LogP contribution in [0.2, 0.25) is 0 Å². The van der Waals surface area contributed by atoms with Crippen molar-refractivity contribution in [3.05, 3.63) is 36.0 Å². The highest BCUT2D eigenvalue weighted by molar-refractivity contribution is 7.80. The number of hydrogen-bond donors (Lipinski definition) is 1. The van der Waals surface area contributed by atoms with Gasteiger partial charge in [0.15, 0.2) is 0 Å². The second-order valence-electron chi connectivity index (χ2n) is 4.51. The molecule has 1 aliphatic rings. The van der Waals surface area contributed by atoms with Gasteiger partial charge in [-0.15, -0.1) is 0 Å². The van der Waals surface area contributed by atoms with Crippen molar-refractivity contribution in [2.24, 2.45) is 10.9 Å². The first kappa shape index (κ1) is 15.3. The van der Waals surface area contributed by atoms with E-state index in [-0.39, 0.29) is 5.91 Å². The first-order valence-electron chi connectivity index (χ1n) is 6.81. The molecule has 1 unspecified atom stereocenters. The summed E-state index contributed by atoms with van der Waals surface area (Å²) >= 11 is 5.07. The zero-order valence-corrected chi connectivity index (χ0v) is 12.6. The average Bonchev–Trinajstić information content (AvgIpc) is 2.52. The fraction of sp³-hybridized carbons (Fsp3) is 0.333. The lowest BCUT2D eigenvalue weighted by atomic mass is 10.1. The first-order chi connectivity index (χ1) is 10.2. The molecule has 0 bridgehead atoms. The third-order valence-electron chi connectivity index (χ3n) is 2.89. The van der Waals surface area contributed by atoms with Gasteiger partial charge in [0, 0.05) is 24.5 Å². The SMILES string of the molecule is CCCOc1ncccc1CNC(=O)C1C=CC=NC1=S. The molecule has 1 aromatic rings. The maximum Gasteiger partial charge on any atom is 0.234 e. The number of ether oxygens (including phenoxy) is 1. The molecule has 1 aliphatic heterocycles. The number of dihydropyridines is 1. The summed E-state index contributed by atoms with van der Waals surface area (Å²) in [4.78, 5) is 20.7. The topological polar surface area (TPSA) is 63.6 Å². The minimum Gasteiger partial charge on any atom is -0.477 e. The fourth-order valence-electron chi connectivity index (χ4n) is 1.82. The van der Waals surface area contributed by atoms with Crippen LogP contribution in [0.3, 0.4) is 0 Å². The van der Waals surface area contributed by atoms with Gasteiger partial charge in [-0.05, 0) is 18.6 Å². The molecule has 1 aromatic heterocycles. The highest BCUT2D eigenvalue weighted by Crippen LogP contribution is 2.15. The molecule has 0 radical (unpaired) electrons. The summed E-state index contributed by atoms with van der Waals surface area (Å²) in [6.45, 7) is 2.98. The molecular formula is C15H17N3O2S. The maximum atomic E-state index is 12.1. The van der Waals surface area contributed by atoms with Crippen LogP contribution in [-0.4, -0.2) is 28.7 Å². The van der Waals surface area contributed by atoms with E-state index < -0.39 is 5.92 Å². The van der Waals surface area contributed by atoms with Crippen LogP contribution in [-0.2, 0) is 11.3 Å². The number of carbonyl (C=O) groups excluding carboxylic acids is 1. The molecule has 0 aliphatic carbocycles. The Morgan fingerprint density at radius 1 is 1.52 bits per heavy atom. The highest BCUT2D eigenvalue weighted by atomic mass is 32.1. The molecule has 1 amide bonds. The molecule has 0 saturated carbocycles. The number of aliphatic imine (C=N–C) groups is 1. The molecule has 0 aromatic carbocycles. The van der Waals surface area contributed by atoms with E-state index in [0.717, 1.165) is 12.0 Å². The van der Waals surface area contributed by atoms with E-state index in [4.69, 9.17) is 17.0 Å². The van der Waals surface area contributed by atoms with Gasteiger partial charge in [0.25, 0.3) is 0 Å². The third kappa shape index (κ3) is 4.19. The van der Waals surface area contributed by atoms with Crippen LogP contribution in [0, 0.1) is 5.92 Å². The minimum absolute atomic E-state index is 0.168. The van der Waals surface area contributed by atoms with Gasteiger partial charge >= 0.3 is 0 Å². The van der Waals surface area contributed by atoms with Crippen LogP contribution in [0.15, 0.2) is 35.5 Å². The van der Waals surface area contributed by atoms with E-state index >= 15 is 0 Å². The van der Waals surface area contributed by atoms with Crippen molar-refractivity contribution in [3.63, 3.8) is 0 Å². The van der Waals surface area contributed by atoms with Gasteiger partial charge in [-0.3, -0.25) is 4.79 Å². The van der Waals surface area contributed by atoms with Crippen LogP contribution in [0.4, 0.5) is 0 Å². The highest BCUT2D eigenvalue weighted by Gasteiger charge is 2.21. The van der Waals surface area contributed by atoms with Gasteiger partial charge in [0.1, 0.15) is 10.9 Å². The Labute approximate surface area is 129 Å². The van der Waals surface area contributed by atoms with Crippen LogP contribution >= 0.6 is 12.2 Å². The number of carbonyl (C=O) groups is 1. The van der Waals surface area contributed by atoms with Crippen LogP contribution in [0.1, 0.15) is 18.9 Å². The van der Waals surface area contributed by atoms with Crippen molar-refractivity contribution in [1.82, 2.24) is 10.3 Å². The Bertz CT molecular complexity index is 584. The lowest BCUT2D eigenvalue weighted by molar-refractivity contribution is -0.122. The Kier molecular flexibility index (Phi) is 5.57. The Hall–Kier alpha value is -2.08. The monoisotopic (exact) mass is 303 g/mol. The Balaban J connectivity index is 1.96. The molecule has 0 fully saturated rings. The van der Waals surface area contributed by atoms with Gasteiger partial charge in [0.05, 0.1) is 6.61 Å². The number of aromatic nitrogens is 1. The summed E-state index contributed by atoms with van der Waals surface area (Å²) in [5.41, 5.74) is 0.841. The van der Waals surface area contributed by atoms with E-state index in [1.807, 2.05) is 19.1 Å². The molecule has 2 rings (SSSR count). The van der Waals surface area contributed by atoms with Crippen molar-refractivity contribution in [2.75, 3.05) is 6.61 Å². The van der Waals surface area contributed by atoms with E-state index in [1.165, 1.54) is 0 Å². The number of amides is 1. The minimum atomic E-state index is -0.485. The van der Waals surface area contributed by atoms with Crippen LogP contribution < -0.4 is 10.1 Å². The van der Waals surface area contributed by atoms with E-state index in [1.54, 1.807) is 24.6 Å². The largest absolute Gasteiger partial charge is 0.477 e. The summed E-state index contributed by atoms with van der Waals surface area (Å²) in [5.74, 6) is -0.0977. The average molecular weight is 303 g/mol. The predicted molar refractivity (Wildman–Crippen MR) is 85.6 cm³/mol. The number of allylic oxidation sites excluding steroid dienone is 1. The molecule has 0 saturated heterocycles.